The van der Waals surface area contributed by atoms with Crippen molar-refractivity contribution in [3.05, 3.63) is 52.7 Å². The maximum absolute atomic E-state index is 12.1. The molecule has 2 amide bonds. The van der Waals surface area contributed by atoms with Gasteiger partial charge in [0.25, 0.3) is 0 Å². The molecule has 3 aromatic heterocycles. The van der Waals surface area contributed by atoms with E-state index in [1.165, 1.54) is 0 Å². The molecule has 0 aromatic carbocycles. The Bertz CT molecular complexity index is 955. The van der Waals surface area contributed by atoms with Gasteiger partial charge in [-0.1, -0.05) is 11.6 Å². The first-order valence-corrected chi connectivity index (χ1v) is 8.78. The highest BCUT2D eigenvalue weighted by Crippen LogP contribution is 2.16. The third kappa shape index (κ3) is 3.61. The average molecular weight is 372 g/mol. The number of carbonyl (C=O) groups excluding carboxylic acids is 1. The Morgan fingerprint density at radius 1 is 1.31 bits per heavy atom. The number of nitrogens with one attached hydrogen (secondary N) is 3. The van der Waals surface area contributed by atoms with E-state index in [1.807, 2.05) is 12.3 Å². The highest BCUT2D eigenvalue weighted by Gasteiger charge is 2.11. The van der Waals surface area contributed by atoms with Gasteiger partial charge >= 0.3 is 6.03 Å². The van der Waals surface area contributed by atoms with Gasteiger partial charge in [-0.2, -0.15) is 5.10 Å². The molecule has 8 nitrogen and oxygen atoms in total. The minimum atomic E-state index is -0.258. The molecule has 0 saturated heterocycles. The van der Waals surface area contributed by atoms with Gasteiger partial charge in [0, 0.05) is 44.1 Å². The highest BCUT2D eigenvalue weighted by atomic mass is 35.5. The zero-order valence-corrected chi connectivity index (χ0v) is 14.8. The minimum absolute atomic E-state index is 0.258. The van der Waals surface area contributed by atoms with Crippen LogP contribution in [0.2, 0.25) is 5.02 Å². The van der Waals surface area contributed by atoms with E-state index in [4.69, 9.17) is 11.6 Å². The number of hydrogen-bond acceptors (Lipinski definition) is 5. The van der Waals surface area contributed by atoms with Crippen molar-refractivity contribution in [2.45, 2.75) is 19.4 Å². The molecule has 1 aliphatic heterocycles. The SMILES string of the molecule is O=C(NCCc1cnc2c(Cl)cnn2c1)Nc1cnc2c(c1)CNCC2. The average Bonchev–Trinajstić information content (AvgIpc) is 3.02. The summed E-state index contributed by atoms with van der Waals surface area (Å²) in [4.78, 5) is 20.8. The van der Waals surface area contributed by atoms with E-state index >= 15 is 0 Å². The largest absolute Gasteiger partial charge is 0.338 e. The molecule has 0 atom stereocenters. The summed E-state index contributed by atoms with van der Waals surface area (Å²) in [5.74, 6) is 0. The molecule has 0 spiro atoms. The topological polar surface area (TPSA) is 96.2 Å². The van der Waals surface area contributed by atoms with Crippen LogP contribution in [-0.2, 0) is 19.4 Å². The van der Waals surface area contributed by atoms with Gasteiger partial charge in [-0.15, -0.1) is 0 Å². The van der Waals surface area contributed by atoms with Crippen molar-refractivity contribution >= 4 is 29.0 Å². The number of fused-ring (bicyclic) bond motifs is 2. The smallest absolute Gasteiger partial charge is 0.319 e. The molecule has 0 bridgehead atoms. The molecule has 134 valence electrons. The maximum Gasteiger partial charge on any atom is 0.319 e. The molecule has 1 aliphatic rings. The summed E-state index contributed by atoms with van der Waals surface area (Å²) in [5.41, 5.74) is 4.50. The highest BCUT2D eigenvalue weighted by molar-refractivity contribution is 6.33. The third-order valence-electron chi connectivity index (χ3n) is 4.24. The Hall–Kier alpha value is -2.71. The van der Waals surface area contributed by atoms with Crippen LogP contribution in [0.15, 0.2) is 30.9 Å². The molecule has 3 N–H and O–H groups in total. The molecular formula is C17H18ClN7O. The Balaban J connectivity index is 1.30. The summed E-state index contributed by atoms with van der Waals surface area (Å²) in [6.07, 6.45) is 8.41. The van der Waals surface area contributed by atoms with Crippen LogP contribution in [0.4, 0.5) is 10.5 Å². The lowest BCUT2D eigenvalue weighted by Crippen LogP contribution is -2.31. The number of aromatic nitrogens is 4. The summed E-state index contributed by atoms with van der Waals surface area (Å²) in [7, 11) is 0. The fraction of sp³-hybridized carbons (Fsp3) is 0.294. The van der Waals surface area contributed by atoms with Gasteiger partial charge in [-0.05, 0) is 23.6 Å². The number of hydrogen-bond donors (Lipinski definition) is 3. The summed E-state index contributed by atoms with van der Waals surface area (Å²) < 4.78 is 1.63. The number of amides is 2. The molecule has 26 heavy (non-hydrogen) atoms. The van der Waals surface area contributed by atoms with Crippen LogP contribution in [-0.4, -0.2) is 38.7 Å². The molecule has 9 heteroatoms. The lowest BCUT2D eigenvalue weighted by Gasteiger charge is -2.17. The monoisotopic (exact) mass is 371 g/mol. The van der Waals surface area contributed by atoms with Crippen LogP contribution < -0.4 is 16.0 Å². The molecule has 3 aromatic rings. The van der Waals surface area contributed by atoms with Crippen molar-refractivity contribution in [1.29, 1.82) is 0 Å². The summed E-state index contributed by atoms with van der Waals surface area (Å²) in [5, 5.41) is 13.6. The van der Waals surface area contributed by atoms with Crippen molar-refractivity contribution in [3.63, 3.8) is 0 Å². The summed E-state index contributed by atoms with van der Waals surface area (Å²) in [6, 6.07) is 1.71. The van der Waals surface area contributed by atoms with Crippen LogP contribution in [0.5, 0.6) is 0 Å². The second-order valence-electron chi connectivity index (χ2n) is 6.11. The third-order valence-corrected chi connectivity index (χ3v) is 4.50. The normalized spacial score (nSPS) is 13.4. The van der Waals surface area contributed by atoms with E-state index in [9.17, 15) is 4.79 Å². The van der Waals surface area contributed by atoms with Gasteiger partial charge in [-0.3, -0.25) is 4.98 Å². The van der Waals surface area contributed by atoms with Crippen molar-refractivity contribution in [1.82, 2.24) is 30.2 Å². The van der Waals surface area contributed by atoms with Crippen molar-refractivity contribution in [2.24, 2.45) is 0 Å². The first-order valence-electron chi connectivity index (χ1n) is 8.40. The van der Waals surface area contributed by atoms with Crippen LogP contribution in [0.25, 0.3) is 5.65 Å². The zero-order chi connectivity index (χ0) is 17.9. The predicted molar refractivity (Wildman–Crippen MR) is 98.4 cm³/mol. The molecule has 4 heterocycles. The number of urea groups is 1. The van der Waals surface area contributed by atoms with E-state index in [-0.39, 0.29) is 6.03 Å². The van der Waals surface area contributed by atoms with Crippen molar-refractivity contribution in [3.8, 4) is 0 Å². The predicted octanol–water partition coefficient (Wildman–Crippen LogP) is 1.79. The van der Waals surface area contributed by atoms with Gasteiger partial charge in [0.2, 0.25) is 0 Å². The van der Waals surface area contributed by atoms with E-state index in [0.29, 0.717) is 29.3 Å². The number of halogens is 1. The van der Waals surface area contributed by atoms with Gasteiger partial charge in [0.1, 0.15) is 5.02 Å². The fourth-order valence-electron chi connectivity index (χ4n) is 2.92. The van der Waals surface area contributed by atoms with E-state index in [1.54, 1.807) is 23.1 Å². The number of anilines is 1. The first-order chi connectivity index (χ1) is 12.7. The molecule has 4 rings (SSSR count). The van der Waals surface area contributed by atoms with Gasteiger partial charge in [0.05, 0.1) is 18.1 Å². The van der Waals surface area contributed by atoms with Crippen LogP contribution in [0.3, 0.4) is 0 Å². The van der Waals surface area contributed by atoms with E-state index < -0.39 is 0 Å². The number of nitrogens with zero attached hydrogens (tertiary/aromatic N) is 4. The van der Waals surface area contributed by atoms with Crippen LogP contribution in [0, 0.1) is 0 Å². The zero-order valence-electron chi connectivity index (χ0n) is 14.0. The quantitative estimate of drug-likeness (QED) is 0.649. The summed E-state index contributed by atoms with van der Waals surface area (Å²) in [6.45, 7) is 2.21. The number of carbonyl (C=O) groups is 1. The Morgan fingerprint density at radius 3 is 3.15 bits per heavy atom. The Kier molecular flexibility index (Phi) is 4.68. The van der Waals surface area contributed by atoms with Gasteiger partial charge in [0.15, 0.2) is 5.65 Å². The maximum atomic E-state index is 12.1. The van der Waals surface area contributed by atoms with Crippen molar-refractivity contribution < 1.29 is 4.79 Å². The molecule has 0 aliphatic carbocycles. The van der Waals surface area contributed by atoms with Crippen LogP contribution in [0.1, 0.15) is 16.8 Å². The molecular weight excluding hydrogens is 354 g/mol. The lowest BCUT2D eigenvalue weighted by atomic mass is 10.1. The van der Waals surface area contributed by atoms with Gasteiger partial charge < -0.3 is 16.0 Å². The Labute approximate surface area is 155 Å². The lowest BCUT2D eigenvalue weighted by molar-refractivity contribution is 0.252. The molecule has 0 fully saturated rings. The number of rotatable bonds is 4. The number of pyridine rings is 1. The standard InChI is InChI=1S/C17H18ClN7O/c18-14-9-23-25-10-11(6-22-16(14)25)1-4-20-17(26)24-13-5-12-7-19-3-2-15(12)21-8-13/h5-6,8-10,19H,1-4,7H2,(H2,20,24,26). The second-order valence-corrected chi connectivity index (χ2v) is 6.52. The Morgan fingerprint density at radius 2 is 2.23 bits per heavy atom. The minimum Gasteiger partial charge on any atom is -0.338 e. The molecule has 0 saturated carbocycles. The summed E-state index contributed by atoms with van der Waals surface area (Å²) >= 11 is 5.97. The molecule has 0 unspecified atom stereocenters. The van der Waals surface area contributed by atoms with E-state index in [0.717, 1.165) is 36.3 Å². The molecule has 0 radical (unpaired) electrons. The van der Waals surface area contributed by atoms with Crippen LogP contribution >= 0.6 is 11.6 Å². The van der Waals surface area contributed by atoms with Crippen molar-refractivity contribution in [2.75, 3.05) is 18.4 Å². The second kappa shape index (κ2) is 7.27. The van der Waals surface area contributed by atoms with E-state index in [2.05, 4.69) is 31.0 Å². The fourth-order valence-corrected chi connectivity index (χ4v) is 3.10. The first kappa shape index (κ1) is 16.7. The van der Waals surface area contributed by atoms with Gasteiger partial charge in [-0.25, -0.2) is 14.3 Å².